The first-order chi connectivity index (χ1) is 18.7. The smallest absolute Gasteiger partial charge is 0.317 e. The molecule has 38 heavy (non-hydrogen) atoms. The SMILES string of the molecule is N#Cc1ccc(-c2nnc(NC3N=C(c4ccccc4)c4ccccc4CC3=O)o2)c(N2CCOCC2)c1. The Morgan fingerprint density at radius 3 is 2.55 bits per heavy atom. The van der Waals surface area contributed by atoms with Crippen LogP contribution in [0.2, 0.25) is 0 Å². The number of aliphatic imine (C=N–C) groups is 1. The molecule has 2 aliphatic rings. The molecule has 0 amide bonds. The third kappa shape index (κ3) is 4.65. The number of carbonyl (C=O) groups excluding carboxylic acids is 1. The number of benzene rings is 3. The molecular weight excluding hydrogens is 480 g/mol. The highest BCUT2D eigenvalue weighted by Gasteiger charge is 2.28. The zero-order valence-electron chi connectivity index (χ0n) is 20.5. The van der Waals surface area contributed by atoms with Crippen molar-refractivity contribution in [2.45, 2.75) is 12.6 Å². The van der Waals surface area contributed by atoms with Gasteiger partial charge in [-0.1, -0.05) is 59.7 Å². The Morgan fingerprint density at radius 1 is 0.947 bits per heavy atom. The molecule has 3 aromatic carbocycles. The number of Topliss-reactive ketones (excluding diaryl/α,β-unsaturated/α-hetero) is 1. The van der Waals surface area contributed by atoms with Gasteiger partial charge in [0.05, 0.1) is 41.8 Å². The highest BCUT2D eigenvalue weighted by Crippen LogP contribution is 2.33. The molecule has 0 radical (unpaired) electrons. The largest absolute Gasteiger partial charge is 0.403 e. The van der Waals surface area contributed by atoms with Crippen LogP contribution in [0, 0.1) is 11.3 Å². The molecule has 2 aliphatic heterocycles. The summed E-state index contributed by atoms with van der Waals surface area (Å²) in [7, 11) is 0. The van der Waals surface area contributed by atoms with E-state index >= 15 is 0 Å². The summed E-state index contributed by atoms with van der Waals surface area (Å²) >= 11 is 0. The Balaban J connectivity index is 1.33. The molecule has 0 aliphatic carbocycles. The lowest BCUT2D eigenvalue weighted by molar-refractivity contribution is -0.119. The summed E-state index contributed by atoms with van der Waals surface area (Å²) in [6.45, 7) is 2.58. The quantitative estimate of drug-likeness (QED) is 0.436. The van der Waals surface area contributed by atoms with E-state index in [0.717, 1.165) is 28.1 Å². The number of anilines is 2. The number of hydrogen-bond donors (Lipinski definition) is 1. The van der Waals surface area contributed by atoms with Crippen LogP contribution in [-0.4, -0.2) is 54.2 Å². The summed E-state index contributed by atoms with van der Waals surface area (Å²) in [5.41, 5.74) is 5.57. The Morgan fingerprint density at radius 2 is 1.74 bits per heavy atom. The van der Waals surface area contributed by atoms with E-state index in [-0.39, 0.29) is 24.1 Å². The van der Waals surface area contributed by atoms with Crippen molar-refractivity contribution < 1.29 is 13.9 Å². The Hall–Kier alpha value is -4.81. The third-order valence-electron chi connectivity index (χ3n) is 6.64. The molecule has 1 fully saturated rings. The van der Waals surface area contributed by atoms with Crippen molar-refractivity contribution in [2.24, 2.45) is 4.99 Å². The van der Waals surface area contributed by atoms with Crippen molar-refractivity contribution in [1.29, 1.82) is 5.26 Å². The second kappa shape index (κ2) is 10.3. The number of hydrogen-bond acceptors (Lipinski definition) is 9. The third-order valence-corrected chi connectivity index (χ3v) is 6.64. The molecule has 9 nitrogen and oxygen atoms in total. The van der Waals surface area contributed by atoms with E-state index in [0.29, 0.717) is 37.4 Å². The molecule has 1 unspecified atom stereocenters. The Bertz CT molecular complexity index is 1550. The first-order valence-corrected chi connectivity index (χ1v) is 12.4. The Kier molecular flexibility index (Phi) is 6.38. The zero-order chi connectivity index (χ0) is 25.9. The predicted octanol–water partition coefficient (Wildman–Crippen LogP) is 3.85. The standard InChI is InChI=1S/C29H24N6O3/c30-18-19-10-11-23(24(16-19)35-12-14-37-15-13-35)28-33-34-29(38-28)32-27-25(36)17-21-8-4-5-9-22(21)26(31-27)20-6-2-1-3-7-20/h1-11,16,27H,12-15,17H2,(H,32,34). The van der Waals surface area contributed by atoms with Crippen LogP contribution in [-0.2, 0) is 16.0 Å². The van der Waals surface area contributed by atoms with Crippen LogP contribution in [0.1, 0.15) is 22.3 Å². The van der Waals surface area contributed by atoms with Gasteiger partial charge in [0.2, 0.25) is 0 Å². The van der Waals surface area contributed by atoms with Gasteiger partial charge in [0, 0.05) is 30.6 Å². The number of ether oxygens (including phenoxy) is 1. The summed E-state index contributed by atoms with van der Waals surface area (Å²) in [4.78, 5) is 20.2. The number of rotatable bonds is 5. The molecule has 4 aromatic rings. The second-order valence-corrected chi connectivity index (χ2v) is 9.05. The molecule has 0 spiro atoms. The normalized spacial score (nSPS) is 17.2. The number of nitrogens with one attached hydrogen (secondary N) is 1. The summed E-state index contributed by atoms with van der Waals surface area (Å²) < 4.78 is 11.5. The van der Waals surface area contributed by atoms with Gasteiger partial charge in [-0.3, -0.25) is 9.79 Å². The van der Waals surface area contributed by atoms with E-state index in [9.17, 15) is 10.1 Å². The van der Waals surface area contributed by atoms with Gasteiger partial charge in [0.1, 0.15) is 0 Å². The second-order valence-electron chi connectivity index (χ2n) is 9.05. The average Bonchev–Trinajstić information content (AvgIpc) is 3.39. The van der Waals surface area contributed by atoms with Gasteiger partial charge in [0.15, 0.2) is 11.9 Å². The number of aromatic nitrogens is 2. The predicted molar refractivity (Wildman–Crippen MR) is 142 cm³/mol. The number of fused-ring (bicyclic) bond motifs is 1. The van der Waals surface area contributed by atoms with Crippen molar-refractivity contribution in [3.05, 3.63) is 95.1 Å². The van der Waals surface area contributed by atoms with Crippen molar-refractivity contribution in [3.63, 3.8) is 0 Å². The molecule has 0 bridgehead atoms. The number of carbonyl (C=O) groups is 1. The molecule has 1 aromatic heterocycles. The fourth-order valence-corrected chi connectivity index (χ4v) is 4.75. The fraction of sp³-hybridized carbons (Fsp3) is 0.207. The highest BCUT2D eigenvalue weighted by molar-refractivity contribution is 6.16. The van der Waals surface area contributed by atoms with E-state index < -0.39 is 6.17 Å². The van der Waals surface area contributed by atoms with E-state index in [1.54, 1.807) is 12.1 Å². The van der Waals surface area contributed by atoms with Crippen molar-refractivity contribution >= 4 is 23.2 Å². The van der Waals surface area contributed by atoms with Gasteiger partial charge in [0.25, 0.3) is 5.89 Å². The molecular formula is C29H24N6O3. The Labute approximate surface area is 219 Å². The van der Waals surface area contributed by atoms with Crippen LogP contribution in [0.5, 0.6) is 0 Å². The van der Waals surface area contributed by atoms with Gasteiger partial charge in [-0.2, -0.15) is 5.26 Å². The minimum atomic E-state index is -0.898. The van der Waals surface area contributed by atoms with Crippen LogP contribution < -0.4 is 10.2 Å². The molecule has 188 valence electrons. The fourth-order valence-electron chi connectivity index (χ4n) is 4.75. The molecule has 0 saturated carbocycles. The van der Waals surface area contributed by atoms with Crippen LogP contribution in [0.25, 0.3) is 11.5 Å². The minimum absolute atomic E-state index is 0.0951. The molecule has 3 heterocycles. The van der Waals surface area contributed by atoms with Crippen molar-refractivity contribution in [2.75, 3.05) is 36.5 Å². The lowest BCUT2D eigenvalue weighted by Gasteiger charge is -2.30. The minimum Gasteiger partial charge on any atom is -0.403 e. The topological polar surface area (TPSA) is 117 Å². The lowest BCUT2D eigenvalue weighted by Crippen LogP contribution is -2.36. The van der Waals surface area contributed by atoms with Crippen LogP contribution in [0.3, 0.4) is 0 Å². The monoisotopic (exact) mass is 504 g/mol. The first-order valence-electron chi connectivity index (χ1n) is 12.4. The zero-order valence-corrected chi connectivity index (χ0v) is 20.5. The van der Waals surface area contributed by atoms with E-state index in [1.807, 2.05) is 60.7 Å². The van der Waals surface area contributed by atoms with E-state index in [1.165, 1.54) is 0 Å². The maximum Gasteiger partial charge on any atom is 0.317 e. The van der Waals surface area contributed by atoms with Crippen LogP contribution >= 0.6 is 0 Å². The first kappa shape index (κ1) is 23.6. The molecule has 9 heteroatoms. The van der Waals surface area contributed by atoms with E-state index in [4.69, 9.17) is 14.1 Å². The van der Waals surface area contributed by atoms with Gasteiger partial charge in [-0.05, 0) is 23.8 Å². The molecule has 1 saturated heterocycles. The van der Waals surface area contributed by atoms with Crippen LogP contribution in [0.15, 0.2) is 82.2 Å². The molecule has 1 N–H and O–H groups in total. The van der Waals surface area contributed by atoms with Crippen molar-refractivity contribution in [3.8, 4) is 17.5 Å². The van der Waals surface area contributed by atoms with Gasteiger partial charge >= 0.3 is 6.01 Å². The molecule has 1 atom stereocenters. The van der Waals surface area contributed by atoms with Gasteiger partial charge < -0.3 is 19.4 Å². The summed E-state index contributed by atoms with van der Waals surface area (Å²) in [5.74, 6) is 0.186. The maximum absolute atomic E-state index is 13.3. The number of nitriles is 1. The van der Waals surface area contributed by atoms with Gasteiger partial charge in [-0.25, -0.2) is 0 Å². The highest BCUT2D eigenvalue weighted by atomic mass is 16.5. The summed E-state index contributed by atoms with van der Waals surface area (Å²) in [6.07, 6.45) is -0.670. The van der Waals surface area contributed by atoms with E-state index in [2.05, 4.69) is 26.5 Å². The maximum atomic E-state index is 13.3. The van der Waals surface area contributed by atoms with Crippen molar-refractivity contribution in [1.82, 2.24) is 10.2 Å². The number of morpholine rings is 1. The lowest BCUT2D eigenvalue weighted by atomic mass is 9.96. The average molecular weight is 505 g/mol. The molecule has 6 rings (SSSR count). The summed E-state index contributed by atoms with van der Waals surface area (Å²) in [6, 6.07) is 25.2. The van der Waals surface area contributed by atoms with Crippen LogP contribution in [0.4, 0.5) is 11.7 Å². The summed E-state index contributed by atoms with van der Waals surface area (Å²) in [5, 5.41) is 20.9. The van der Waals surface area contributed by atoms with Gasteiger partial charge in [-0.15, -0.1) is 5.10 Å². The number of ketones is 1. The number of nitrogens with zero attached hydrogens (tertiary/aromatic N) is 5.